The fourth-order valence-corrected chi connectivity index (χ4v) is 6.74. The summed E-state index contributed by atoms with van der Waals surface area (Å²) in [4.78, 5) is 0. The first-order valence-corrected chi connectivity index (χ1v) is 12.5. The highest BCUT2D eigenvalue weighted by molar-refractivity contribution is 5.37. The lowest BCUT2D eigenvalue weighted by Crippen LogP contribution is -2.30. The van der Waals surface area contributed by atoms with Crippen LogP contribution in [-0.4, -0.2) is 0 Å². The van der Waals surface area contributed by atoms with E-state index in [0.29, 0.717) is 11.8 Å². The molecule has 1 heteroatoms. The molecule has 28 heavy (non-hydrogen) atoms. The summed E-state index contributed by atoms with van der Waals surface area (Å²) in [5.74, 6) is 4.27. The zero-order valence-electron chi connectivity index (χ0n) is 18.3. The van der Waals surface area contributed by atoms with Crippen LogP contribution in [0, 0.1) is 29.5 Å². The van der Waals surface area contributed by atoms with Crippen LogP contribution in [0.15, 0.2) is 12.1 Å². The number of aryl methyl sites for hydroxylation is 1. The van der Waals surface area contributed by atoms with E-state index in [1.807, 2.05) is 6.07 Å². The second-order valence-corrected chi connectivity index (χ2v) is 10.4. The Hall–Kier alpha value is -0.850. The van der Waals surface area contributed by atoms with Crippen molar-refractivity contribution in [2.75, 3.05) is 0 Å². The van der Waals surface area contributed by atoms with Gasteiger partial charge in [-0.05, 0) is 104 Å². The van der Waals surface area contributed by atoms with E-state index in [2.05, 4.69) is 19.9 Å². The average molecular weight is 385 g/mol. The van der Waals surface area contributed by atoms with Crippen LogP contribution in [0.2, 0.25) is 0 Å². The Bertz CT molecular complexity index is 648. The predicted octanol–water partition coefficient (Wildman–Crippen LogP) is 8.22. The number of hydrogen-bond donors (Lipinski definition) is 0. The summed E-state index contributed by atoms with van der Waals surface area (Å²) < 4.78 is 14.9. The number of fused-ring (bicyclic) bond motifs is 2. The maximum atomic E-state index is 14.9. The first-order chi connectivity index (χ1) is 13.7. The first kappa shape index (κ1) is 20.4. The maximum absolute atomic E-state index is 14.9. The second kappa shape index (κ2) is 9.31. The quantitative estimate of drug-likeness (QED) is 0.433. The van der Waals surface area contributed by atoms with Crippen molar-refractivity contribution in [3.05, 3.63) is 34.6 Å². The van der Waals surface area contributed by atoms with E-state index in [4.69, 9.17) is 0 Å². The summed E-state index contributed by atoms with van der Waals surface area (Å²) in [7, 11) is 0. The number of benzene rings is 1. The van der Waals surface area contributed by atoms with Crippen LogP contribution in [0.5, 0.6) is 0 Å². The van der Waals surface area contributed by atoms with Crippen molar-refractivity contribution in [2.45, 2.75) is 110 Å². The minimum Gasteiger partial charge on any atom is -0.207 e. The minimum atomic E-state index is 0.104. The molecule has 2 fully saturated rings. The van der Waals surface area contributed by atoms with Gasteiger partial charge in [0.15, 0.2) is 0 Å². The molecule has 0 aliphatic heterocycles. The van der Waals surface area contributed by atoms with E-state index in [1.54, 1.807) is 0 Å². The molecule has 4 rings (SSSR count). The van der Waals surface area contributed by atoms with E-state index in [9.17, 15) is 4.39 Å². The lowest BCUT2D eigenvalue weighted by molar-refractivity contribution is 0.113. The van der Waals surface area contributed by atoms with Crippen molar-refractivity contribution >= 4 is 0 Å². The molecule has 0 N–H and O–H groups in total. The molecule has 3 aliphatic carbocycles. The third-order valence-corrected chi connectivity index (χ3v) is 8.61. The Balaban J connectivity index is 1.38. The van der Waals surface area contributed by atoms with E-state index >= 15 is 0 Å². The molecule has 0 amide bonds. The molecule has 0 heterocycles. The summed E-state index contributed by atoms with van der Waals surface area (Å²) in [6.45, 7) is 4.56. The molecule has 0 nitrogen and oxygen atoms in total. The highest BCUT2D eigenvalue weighted by atomic mass is 19.1. The molecular weight excluding hydrogens is 343 g/mol. The second-order valence-electron chi connectivity index (χ2n) is 10.4. The van der Waals surface area contributed by atoms with E-state index < -0.39 is 0 Å². The molecule has 156 valence electrons. The van der Waals surface area contributed by atoms with Crippen molar-refractivity contribution in [3.63, 3.8) is 0 Å². The molecule has 0 spiro atoms. The third kappa shape index (κ3) is 4.49. The minimum absolute atomic E-state index is 0.104. The van der Waals surface area contributed by atoms with Gasteiger partial charge in [-0.25, -0.2) is 4.39 Å². The van der Waals surface area contributed by atoms with Gasteiger partial charge in [0.25, 0.3) is 0 Å². The lowest BCUT2D eigenvalue weighted by atomic mass is 9.63. The third-order valence-electron chi connectivity index (χ3n) is 8.61. The molecule has 2 saturated carbocycles. The normalized spacial score (nSPS) is 32.6. The summed E-state index contributed by atoms with van der Waals surface area (Å²) in [6.07, 6.45) is 18.5. The van der Waals surface area contributed by atoms with Crippen LogP contribution in [0.4, 0.5) is 4.39 Å². The monoisotopic (exact) mass is 384 g/mol. The Morgan fingerprint density at radius 1 is 0.893 bits per heavy atom. The molecule has 3 aliphatic rings. The highest BCUT2D eigenvalue weighted by Crippen LogP contribution is 2.49. The van der Waals surface area contributed by atoms with E-state index in [1.165, 1.54) is 88.2 Å². The Morgan fingerprint density at radius 2 is 1.71 bits per heavy atom. The van der Waals surface area contributed by atoms with Crippen molar-refractivity contribution < 1.29 is 4.39 Å². The number of halogens is 1. The molecule has 0 saturated heterocycles. The fourth-order valence-electron chi connectivity index (χ4n) is 6.74. The largest absolute Gasteiger partial charge is 0.207 e. The summed E-state index contributed by atoms with van der Waals surface area (Å²) in [6, 6.07) is 4.34. The molecule has 0 bridgehead atoms. The van der Waals surface area contributed by atoms with Crippen molar-refractivity contribution in [2.24, 2.45) is 23.7 Å². The molecule has 1 aromatic carbocycles. The van der Waals surface area contributed by atoms with Crippen LogP contribution in [0.25, 0.3) is 0 Å². The van der Waals surface area contributed by atoms with Crippen molar-refractivity contribution in [3.8, 4) is 0 Å². The number of rotatable bonds is 6. The van der Waals surface area contributed by atoms with Crippen LogP contribution < -0.4 is 0 Å². The predicted molar refractivity (Wildman–Crippen MR) is 117 cm³/mol. The van der Waals surface area contributed by atoms with Gasteiger partial charge in [-0.2, -0.15) is 0 Å². The van der Waals surface area contributed by atoms with Gasteiger partial charge in [0, 0.05) is 0 Å². The van der Waals surface area contributed by atoms with Crippen molar-refractivity contribution in [1.82, 2.24) is 0 Å². The molecule has 5 atom stereocenters. The Kier molecular flexibility index (Phi) is 6.79. The van der Waals surface area contributed by atoms with Crippen LogP contribution in [-0.2, 0) is 12.8 Å². The van der Waals surface area contributed by atoms with Crippen LogP contribution in [0.1, 0.15) is 114 Å². The Morgan fingerprint density at radius 3 is 2.54 bits per heavy atom. The molecule has 0 radical (unpaired) electrons. The summed E-state index contributed by atoms with van der Waals surface area (Å²) in [5.41, 5.74) is 3.71. The summed E-state index contributed by atoms with van der Waals surface area (Å²) >= 11 is 0. The Labute approximate surface area is 172 Å². The van der Waals surface area contributed by atoms with Gasteiger partial charge in [-0.3, -0.25) is 0 Å². The topological polar surface area (TPSA) is 0 Å². The fraction of sp³-hybridized carbons (Fsp3) is 0.778. The van der Waals surface area contributed by atoms with Gasteiger partial charge < -0.3 is 0 Å². The molecule has 1 aromatic rings. The van der Waals surface area contributed by atoms with Crippen molar-refractivity contribution in [1.29, 1.82) is 0 Å². The number of unbranched alkanes of at least 4 members (excludes halogenated alkanes) is 2. The average Bonchev–Trinajstić information content (AvgIpc) is 2.73. The van der Waals surface area contributed by atoms with Gasteiger partial charge in [-0.1, -0.05) is 58.4 Å². The zero-order valence-corrected chi connectivity index (χ0v) is 18.3. The van der Waals surface area contributed by atoms with E-state index in [0.717, 1.165) is 36.2 Å². The van der Waals surface area contributed by atoms with Gasteiger partial charge in [0.2, 0.25) is 0 Å². The standard InChI is InChI=1S/C27H41F/c1-3-5-6-7-20-9-10-22-16-23(13-12-21(22)14-20)25-17-24-11-8-19(4-2)15-26(24)27(28)18-25/h17-23H,3-16H2,1-2H3. The van der Waals surface area contributed by atoms with Crippen LogP contribution in [0.3, 0.4) is 0 Å². The maximum Gasteiger partial charge on any atom is 0.126 e. The number of hydrogen-bond acceptors (Lipinski definition) is 0. The van der Waals surface area contributed by atoms with E-state index in [-0.39, 0.29) is 5.82 Å². The van der Waals surface area contributed by atoms with Gasteiger partial charge in [0.05, 0.1) is 0 Å². The van der Waals surface area contributed by atoms with Crippen LogP contribution >= 0.6 is 0 Å². The van der Waals surface area contributed by atoms with Gasteiger partial charge in [0.1, 0.15) is 5.82 Å². The lowest BCUT2D eigenvalue weighted by Gasteiger charge is -2.42. The smallest absolute Gasteiger partial charge is 0.126 e. The van der Waals surface area contributed by atoms with Gasteiger partial charge in [-0.15, -0.1) is 0 Å². The zero-order chi connectivity index (χ0) is 19.5. The first-order valence-electron chi connectivity index (χ1n) is 12.5. The molecule has 0 aromatic heterocycles. The molecular formula is C27H41F. The highest BCUT2D eigenvalue weighted by Gasteiger charge is 2.36. The van der Waals surface area contributed by atoms with Gasteiger partial charge >= 0.3 is 0 Å². The molecule has 5 unspecified atom stereocenters. The SMILES string of the molecule is CCCCCC1CCC2CC(c3cc(F)c4c(c3)CCC(CC)C4)CCC2C1. The summed E-state index contributed by atoms with van der Waals surface area (Å²) in [5, 5.41) is 0.